The molecular formula is C18H18F3NO4S. The number of hydrogen-bond donors (Lipinski definition) is 0. The van der Waals surface area contributed by atoms with Gasteiger partial charge in [-0.15, -0.1) is 11.3 Å². The second-order valence-electron chi connectivity index (χ2n) is 6.12. The Morgan fingerprint density at radius 3 is 2.67 bits per heavy atom. The van der Waals surface area contributed by atoms with Gasteiger partial charge in [-0.25, -0.2) is 9.78 Å². The van der Waals surface area contributed by atoms with Crippen LogP contribution < -0.4 is 4.74 Å². The third-order valence-electron chi connectivity index (χ3n) is 3.93. The third-order valence-corrected chi connectivity index (χ3v) is 4.94. The van der Waals surface area contributed by atoms with E-state index in [1.165, 1.54) is 29.6 Å². The SMILES string of the molecule is Cc1csc(C(OC(=O)c2ccc(OCC3CCCO3)cc2)C(F)(F)F)n1. The zero-order valence-electron chi connectivity index (χ0n) is 14.5. The van der Waals surface area contributed by atoms with Crippen LogP contribution in [0.5, 0.6) is 5.75 Å². The molecule has 1 aliphatic rings. The van der Waals surface area contributed by atoms with E-state index >= 15 is 0 Å². The molecule has 0 aliphatic carbocycles. The highest BCUT2D eigenvalue weighted by atomic mass is 32.1. The van der Waals surface area contributed by atoms with E-state index in [0.29, 0.717) is 18.1 Å². The van der Waals surface area contributed by atoms with Crippen LogP contribution in [0, 0.1) is 6.92 Å². The first-order valence-electron chi connectivity index (χ1n) is 8.37. The van der Waals surface area contributed by atoms with Crippen LogP contribution in [0.4, 0.5) is 13.2 Å². The van der Waals surface area contributed by atoms with Gasteiger partial charge in [0.15, 0.2) is 0 Å². The van der Waals surface area contributed by atoms with Crippen LogP contribution in [0.2, 0.25) is 0 Å². The molecule has 1 aromatic carbocycles. The van der Waals surface area contributed by atoms with Gasteiger partial charge in [-0.2, -0.15) is 13.2 Å². The molecule has 0 N–H and O–H groups in total. The number of hydrogen-bond acceptors (Lipinski definition) is 6. The van der Waals surface area contributed by atoms with Crippen molar-refractivity contribution in [2.45, 2.75) is 38.1 Å². The van der Waals surface area contributed by atoms with Crippen LogP contribution in [0.25, 0.3) is 0 Å². The molecule has 0 amide bonds. The van der Waals surface area contributed by atoms with Gasteiger partial charge in [0, 0.05) is 17.7 Å². The lowest BCUT2D eigenvalue weighted by atomic mass is 10.2. The van der Waals surface area contributed by atoms with Crippen molar-refractivity contribution in [2.24, 2.45) is 0 Å². The van der Waals surface area contributed by atoms with E-state index in [0.717, 1.165) is 30.8 Å². The highest BCUT2D eigenvalue weighted by Crippen LogP contribution is 2.37. The van der Waals surface area contributed by atoms with E-state index in [1.807, 2.05) is 0 Å². The van der Waals surface area contributed by atoms with Crippen molar-refractivity contribution in [1.29, 1.82) is 0 Å². The van der Waals surface area contributed by atoms with Crippen LogP contribution in [0.3, 0.4) is 0 Å². The van der Waals surface area contributed by atoms with Gasteiger partial charge in [0.05, 0.1) is 11.7 Å². The number of ether oxygens (including phenoxy) is 3. The van der Waals surface area contributed by atoms with Crippen molar-refractivity contribution in [3.8, 4) is 5.75 Å². The van der Waals surface area contributed by atoms with Gasteiger partial charge < -0.3 is 14.2 Å². The highest BCUT2D eigenvalue weighted by molar-refractivity contribution is 7.09. The van der Waals surface area contributed by atoms with Crippen molar-refractivity contribution < 1.29 is 32.2 Å². The maximum absolute atomic E-state index is 13.3. The summed E-state index contributed by atoms with van der Waals surface area (Å²) >= 11 is 0.803. The predicted octanol–water partition coefficient (Wildman–Crippen LogP) is 4.47. The number of nitrogens with zero attached hydrogens (tertiary/aromatic N) is 1. The van der Waals surface area contributed by atoms with E-state index in [1.54, 1.807) is 6.92 Å². The summed E-state index contributed by atoms with van der Waals surface area (Å²) in [5, 5.41) is 1.17. The lowest BCUT2D eigenvalue weighted by molar-refractivity contribution is -0.207. The third kappa shape index (κ3) is 5.20. The summed E-state index contributed by atoms with van der Waals surface area (Å²) in [4.78, 5) is 15.9. The molecule has 2 atom stereocenters. The number of carbonyl (C=O) groups is 1. The maximum atomic E-state index is 13.3. The minimum absolute atomic E-state index is 0.00185. The second kappa shape index (κ2) is 8.26. The number of halogens is 3. The quantitative estimate of drug-likeness (QED) is 0.669. The number of alkyl halides is 3. The predicted molar refractivity (Wildman–Crippen MR) is 92.0 cm³/mol. The van der Waals surface area contributed by atoms with Crippen molar-refractivity contribution in [3.63, 3.8) is 0 Å². The minimum atomic E-state index is -4.75. The molecule has 9 heteroatoms. The van der Waals surface area contributed by atoms with Gasteiger partial charge in [0.25, 0.3) is 0 Å². The Hall–Kier alpha value is -2.13. The number of esters is 1. The molecule has 0 spiro atoms. The Morgan fingerprint density at radius 2 is 2.11 bits per heavy atom. The molecule has 0 radical (unpaired) electrons. The van der Waals surface area contributed by atoms with Crippen molar-refractivity contribution in [1.82, 2.24) is 4.98 Å². The maximum Gasteiger partial charge on any atom is 0.432 e. The summed E-state index contributed by atoms with van der Waals surface area (Å²) < 4.78 is 55.5. The lowest BCUT2D eigenvalue weighted by Crippen LogP contribution is -2.26. The molecule has 27 heavy (non-hydrogen) atoms. The number of aromatic nitrogens is 1. The Morgan fingerprint density at radius 1 is 1.37 bits per heavy atom. The Kier molecular flexibility index (Phi) is 6.01. The molecule has 2 unspecified atom stereocenters. The van der Waals surface area contributed by atoms with Crippen LogP contribution in [0.15, 0.2) is 29.6 Å². The van der Waals surface area contributed by atoms with E-state index in [9.17, 15) is 18.0 Å². The zero-order valence-corrected chi connectivity index (χ0v) is 15.3. The van der Waals surface area contributed by atoms with Crippen LogP contribution in [-0.2, 0) is 9.47 Å². The Balaban J connectivity index is 1.63. The lowest BCUT2D eigenvalue weighted by Gasteiger charge is -2.18. The van der Waals surface area contributed by atoms with E-state index in [-0.39, 0.29) is 16.7 Å². The van der Waals surface area contributed by atoms with E-state index < -0.39 is 18.2 Å². The average molecular weight is 401 g/mol. The van der Waals surface area contributed by atoms with Gasteiger partial charge in [0.1, 0.15) is 17.4 Å². The molecule has 1 saturated heterocycles. The van der Waals surface area contributed by atoms with Gasteiger partial charge >= 0.3 is 12.1 Å². The van der Waals surface area contributed by atoms with Gasteiger partial charge in [-0.3, -0.25) is 0 Å². The second-order valence-corrected chi connectivity index (χ2v) is 7.01. The fraction of sp³-hybridized carbons (Fsp3) is 0.444. The topological polar surface area (TPSA) is 57.7 Å². The van der Waals surface area contributed by atoms with Gasteiger partial charge in [0.2, 0.25) is 6.10 Å². The zero-order chi connectivity index (χ0) is 19.4. The van der Waals surface area contributed by atoms with Crippen molar-refractivity contribution in [2.75, 3.05) is 13.2 Å². The van der Waals surface area contributed by atoms with Crippen LogP contribution >= 0.6 is 11.3 Å². The molecule has 3 rings (SSSR count). The number of carbonyl (C=O) groups excluding carboxylic acids is 1. The molecule has 5 nitrogen and oxygen atoms in total. The first-order chi connectivity index (χ1) is 12.8. The highest BCUT2D eigenvalue weighted by Gasteiger charge is 2.46. The molecule has 1 aliphatic heterocycles. The first kappa shape index (κ1) is 19.6. The number of benzene rings is 1. The molecule has 2 heterocycles. The average Bonchev–Trinajstić information content (AvgIpc) is 3.28. The van der Waals surface area contributed by atoms with E-state index in [4.69, 9.17) is 14.2 Å². The molecule has 0 saturated carbocycles. The fourth-order valence-electron chi connectivity index (χ4n) is 2.58. The van der Waals surface area contributed by atoms with Crippen LogP contribution in [-0.4, -0.2) is 36.4 Å². The van der Waals surface area contributed by atoms with Gasteiger partial charge in [-0.05, 0) is 44.0 Å². The number of rotatable bonds is 6. The fourth-order valence-corrected chi connectivity index (χ4v) is 3.42. The van der Waals surface area contributed by atoms with Crippen LogP contribution in [0.1, 0.15) is 40.0 Å². The summed E-state index contributed by atoms with van der Waals surface area (Å²) in [5.74, 6) is -0.569. The molecule has 1 aromatic heterocycles. The molecule has 0 bridgehead atoms. The number of aryl methyl sites for hydroxylation is 1. The van der Waals surface area contributed by atoms with Gasteiger partial charge in [-0.1, -0.05) is 0 Å². The molecule has 2 aromatic rings. The molecule has 1 fully saturated rings. The normalized spacial score (nSPS) is 18.3. The summed E-state index contributed by atoms with van der Waals surface area (Å²) in [5.41, 5.74) is 0.440. The molecular weight excluding hydrogens is 383 g/mol. The summed E-state index contributed by atoms with van der Waals surface area (Å²) in [6.07, 6.45) is -5.16. The standard InChI is InChI=1S/C18H18F3NO4S/c1-11-10-27-16(22-11)15(18(19,20)21)26-17(23)12-4-6-13(7-5-12)25-9-14-3-2-8-24-14/h4-7,10,14-15H,2-3,8-9H2,1H3. The minimum Gasteiger partial charge on any atom is -0.491 e. The number of thiazole rings is 1. The summed E-state index contributed by atoms with van der Waals surface area (Å²) in [7, 11) is 0. The largest absolute Gasteiger partial charge is 0.491 e. The Labute approximate surface area is 158 Å². The molecule has 146 valence electrons. The summed E-state index contributed by atoms with van der Waals surface area (Å²) in [6.45, 7) is 2.69. The van der Waals surface area contributed by atoms with Crippen molar-refractivity contribution >= 4 is 17.3 Å². The Bertz CT molecular complexity index is 770. The van der Waals surface area contributed by atoms with E-state index in [2.05, 4.69) is 4.98 Å². The first-order valence-corrected chi connectivity index (χ1v) is 9.25. The smallest absolute Gasteiger partial charge is 0.432 e. The summed E-state index contributed by atoms with van der Waals surface area (Å²) in [6, 6.07) is 5.77. The van der Waals surface area contributed by atoms with Crippen molar-refractivity contribution in [3.05, 3.63) is 45.9 Å². The monoisotopic (exact) mass is 401 g/mol.